The van der Waals surface area contributed by atoms with Gasteiger partial charge in [-0.05, 0) is 6.92 Å². The lowest BCUT2D eigenvalue weighted by Gasteiger charge is -2.14. The van der Waals surface area contributed by atoms with Crippen molar-refractivity contribution in [2.45, 2.75) is 25.5 Å². The Morgan fingerprint density at radius 1 is 1.88 bits per heavy atom. The fraction of sp³-hybridized carbons (Fsp3) is 0.800. The Kier molecular flexibility index (Phi) is 1.01. The molecule has 0 radical (unpaired) electrons. The zero-order valence-corrected chi connectivity index (χ0v) is 4.81. The van der Waals surface area contributed by atoms with E-state index in [-0.39, 0.29) is 5.97 Å². The van der Waals surface area contributed by atoms with Crippen molar-refractivity contribution in [2.24, 2.45) is 5.73 Å². The van der Waals surface area contributed by atoms with E-state index in [1.807, 2.05) is 0 Å². The molecule has 46 valence electrons. The molecule has 1 heterocycles. The van der Waals surface area contributed by atoms with E-state index in [2.05, 4.69) is 4.74 Å². The average molecular weight is 115 g/mol. The van der Waals surface area contributed by atoms with Gasteiger partial charge in [0.25, 0.3) is 0 Å². The number of carbonyl (C=O) groups is 1. The SMILES string of the molecule is CC1(N)CCC(=O)O1. The molecule has 1 aliphatic heterocycles. The third kappa shape index (κ3) is 0.980. The number of nitrogens with two attached hydrogens (primary N) is 1. The lowest BCUT2D eigenvalue weighted by atomic mass is 10.2. The van der Waals surface area contributed by atoms with Gasteiger partial charge in [-0.3, -0.25) is 10.5 Å². The van der Waals surface area contributed by atoms with E-state index in [0.29, 0.717) is 12.8 Å². The van der Waals surface area contributed by atoms with E-state index in [9.17, 15) is 4.79 Å². The van der Waals surface area contributed by atoms with Crippen LogP contribution in [-0.4, -0.2) is 11.7 Å². The maximum absolute atomic E-state index is 10.4. The molecule has 0 spiro atoms. The van der Waals surface area contributed by atoms with Gasteiger partial charge in [0.05, 0.1) is 6.42 Å². The molecule has 0 amide bonds. The summed E-state index contributed by atoms with van der Waals surface area (Å²) in [5.74, 6) is -0.185. The molecular formula is C5H9NO2. The van der Waals surface area contributed by atoms with Crippen molar-refractivity contribution in [3.63, 3.8) is 0 Å². The summed E-state index contributed by atoms with van der Waals surface area (Å²) >= 11 is 0. The molecule has 0 aromatic rings. The molecule has 1 saturated heterocycles. The summed E-state index contributed by atoms with van der Waals surface area (Å²) in [5, 5.41) is 0. The Bertz CT molecular complexity index is 120. The van der Waals surface area contributed by atoms with Crippen LogP contribution in [0.5, 0.6) is 0 Å². The van der Waals surface area contributed by atoms with Gasteiger partial charge < -0.3 is 4.74 Å². The fourth-order valence-corrected chi connectivity index (χ4v) is 0.712. The monoisotopic (exact) mass is 115 g/mol. The van der Waals surface area contributed by atoms with Crippen LogP contribution in [0, 0.1) is 0 Å². The van der Waals surface area contributed by atoms with E-state index in [0.717, 1.165) is 0 Å². The zero-order chi connectivity index (χ0) is 6.20. The van der Waals surface area contributed by atoms with Crippen LogP contribution >= 0.6 is 0 Å². The molecule has 1 rings (SSSR count). The van der Waals surface area contributed by atoms with Crippen molar-refractivity contribution in [1.82, 2.24) is 0 Å². The second-order valence-electron chi connectivity index (χ2n) is 2.29. The minimum atomic E-state index is -0.683. The van der Waals surface area contributed by atoms with Crippen molar-refractivity contribution in [1.29, 1.82) is 0 Å². The first-order valence-corrected chi connectivity index (χ1v) is 2.61. The van der Waals surface area contributed by atoms with Crippen LogP contribution in [0.25, 0.3) is 0 Å². The minimum Gasteiger partial charge on any atom is -0.444 e. The smallest absolute Gasteiger partial charge is 0.307 e. The fourth-order valence-electron chi connectivity index (χ4n) is 0.712. The first kappa shape index (κ1) is 5.56. The van der Waals surface area contributed by atoms with Gasteiger partial charge in [0, 0.05) is 6.42 Å². The third-order valence-electron chi connectivity index (χ3n) is 1.17. The van der Waals surface area contributed by atoms with Gasteiger partial charge in [-0.15, -0.1) is 0 Å². The maximum atomic E-state index is 10.4. The van der Waals surface area contributed by atoms with Crippen LogP contribution in [-0.2, 0) is 9.53 Å². The molecule has 0 saturated carbocycles. The van der Waals surface area contributed by atoms with Crippen molar-refractivity contribution in [3.8, 4) is 0 Å². The summed E-state index contributed by atoms with van der Waals surface area (Å²) in [6.07, 6.45) is 1.11. The van der Waals surface area contributed by atoms with Crippen LogP contribution in [0.2, 0.25) is 0 Å². The summed E-state index contributed by atoms with van der Waals surface area (Å²) < 4.78 is 4.69. The molecule has 0 bridgehead atoms. The number of esters is 1. The first-order valence-electron chi connectivity index (χ1n) is 2.61. The van der Waals surface area contributed by atoms with Gasteiger partial charge in [-0.2, -0.15) is 0 Å². The Morgan fingerprint density at radius 3 is 2.62 bits per heavy atom. The van der Waals surface area contributed by atoms with E-state index >= 15 is 0 Å². The molecule has 0 aromatic heterocycles. The van der Waals surface area contributed by atoms with Crippen LogP contribution < -0.4 is 5.73 Å². The predicted molar refractivity (Wildman–Crippen MR) is 27.9 cm³/mol. The zero-order valence-electron chi connectivity index (χ0n) is 4.81. The molecule has 1 atom stereocenters. The van der Waals surface area contributed by atoms with Crippen LogP contribution in [0.1, 0.15) is 19.8 Å². The standard InChI is InChI=1S/C5H9NO2/c1-5(6)3-2-4(7)8-5/h2-3,6H2,1H3. The Hall–Kier alpha value is -0.570. The normalized spacial score (nSPS) is 37.5. The lowest BCUT2D eigenvalue weighted by molar-refractivity contribution is -0.146. The molecular weight excluding hydrogens is 106 g/mol. The van der Waals surface area contributed by atoms with Crippen molar-refractivity contribution in [2.75, 3.05) is 0 Å². The molecule has 1 fully saturated rings. The quantitative estimate of drug-likeness (QED) is 0.452. The van der Waals surface area contributed by atoms with E-state index in [1.54, 1.807) is 6.92 Å². The Labute approximate surface area is 47.8 Å². The molecule has 0 aliphatic carbocycles. The molecule has 2 N–H and O–H groups in total. The summed E-state index contributed by atoms with van der Waals surface area (Å²) in [5.41, 5.74) is 4.74. The molecule has 0 aromatic carbocycles. The number of hydrogen-bond donors (Lipinski definition) is 1. The number of carbonyl (C=O) groups excluding carboxylic acids is 1. The highest BCUT2D eigenvalue weighted by Crippen LogP contribution is 2.19. The minimum absolute atomic E-state index is 0.185. The second-order valence-corrected chi connectivity index (χ2v) is 2.29. The first-order chi connectivity index (χ1) is 3.60. The molecule has 1 unspecified atom stereocenters. The average Bonchev–Trinajstić information content (AvgIpc) is 1.82. The number of hydrogen-bond acceptors (Lipinski definition) is 3. The number of rotatable bonds is 0. The Balaban J connectivity index is 2.56. The molecule has 3 nitrogen and oxygen atoms in total. The highest BCUT2D eigenvalue weighted by molar-refractivity contribution is 5.71. The molecule has 8 heavy (non-hydrogen) atoms. The summed E-state index contributed by atoms with van der Waals surface area (Å²) in [4.78, 5) is 10.4. The van der Waals surface area contributed by atoms with Crippen LogP contribution in [0.15, 0.2) is 0 Å². The highest BCUT2D eigenvalue weighted by atomic mass is 16.6. The highest BCUT2D eigenvalue weighted by Gasteiger charge is 2.30. The van der Waals surface area contributed by atoms with Crippen LogP contribution in [0.3, 0.4) is 0 Å². The third-order valence-corrected chi connectivity index (χ3v) is 1.17. The molecule has 3 heteroatoms. The van der Waals surface area contributed by atoms with E-state index < -0.39 is 5.72 Å². The summed E-state index contributed by atoms with van der Waals surface area (Å²) in [6, 6.07) is 0. The summed E-state index contributed by atoms with van der Waals surface area (Å²) in [6.45, 7) is 1.71. The van der Waals surface area contributed by atoms with Gasteiger partial charge >= 0.3 is 5.97 Å². The van der Waals surface area contributed by atoms with Gasteiger partial charge in [-0.25, -0.2) is 0 Å². The topological polar surface area (TPSA) is 52.3 Å². The van der Waals surface area contributed by atoms with E-state index in [4.69, 9.17) is 5.73 Å². The Morgan fingerprint density at radius 2 is 2.50 bits per heavy atom. The number of ether oxygens (including phenoxy) is 1. The molecule has 1 aliphatic rings. The second kappa shape index (κ2) is 1.45. The van der Waals surface area contributed by atoms with E-state index in [1.165, 1.54) is 0 Å². The van der Waals surface area contributed by atoms with Gasteiger partial charge in [0.15, 0.2) is 5.72 Å². The van der Waals surface area contributed by atoms with Gasteiger partial charge in [0.2, 0.25) is 0 Å². The number of cyclic esters (lactones) is 1. The van der Waals surface area contributed by atoms with Crippen molar-refractivity contribution < 1.29 is 9.53 Å². The van der Waals surface area contributed by atoms with Gasteiger partial charge in [0.1, 0.15) is 0 Å². The summed E-state index contributed by atoms with van der Waals surface area (Å²) in [7, 11) is 0. The lowest BCUT2D eigenvalue weighted by Crippen LogP contribution is -2.34. The predicted octanol–water partition coefficient (Wildman–Crippen LogP) is -0.00170. The maximum Gasteiger partial charge on any atom is 0.307 e. The van der Waals surface area contributed by atoms with Crippen LogP contribution in [0.4, 0.5) is 0 Å². The van der Waals surface area contributed by atoms with Crippen molar-refractivity contribution >= 4 is 5.97 Å². The van der Waals surface area contributed by atoms with Crippen molar-refractivity contribution in [3.05, 3.63) is 0 Å². The van der Waals surface area contributed by atoms with Gasteiger partial charge in [-0.1, -0.05) is 0 Å². The largest absolute Gasteiger partial charge is 0.444 e.